The quantitative estimate of drug-likeness (QED) is 0.464. The molecule has 3 aromatic rings. The first-order chi connectivity index (χ1) is 14.5. The van der Waals surface area contributed by atoms with Gasteiger partial charge in [0.25, 0.3) is 0 Å². The molecule has 154 valence electrons. The Labute approximate surface area is 183 Å². The van der Waals surface area contributed by atoms with Gasteiger partial charge in [0.2, 0.25) is 11.1 Å². The van der Waals surface area contributed by atoms with Crippen molar-refractivity contribution in [2.24, 2.45) is 5.92 Å². The molecule has 1 atom stereocenters. The first kappa shape index (κ1) is 20.4. The van der Waals surface area contributed by atoms with E-state index in [0.717, 1.165) is 36.0 Å². The average Bonchev–Trinajstić information content (AvgIpc) is 3.26. The molecule has 1 unspecified atom stereocenters. The number of anilines is 1. The summed E-state index contributed by atoms with van der Waals surface area (Å²) < 4.78 is 1.40. The molecule has 0 saturated carbocycles. The molecule has 1 amide bonds. The largest absolute Gasteiger partial charge is 0.335 e. The van der Waals surface area contributed by atoms with Gasteiger partial charge in [0.1, 0.15) is 11.1 Å². The number of nitrogens with one attached hydrogen (secondary N) is 1. The van der Waals surface area contributed by atoms with Crippen LogP contribution in [0.15, 0.2) is 29.4 Å². The van der Waals surface area contributed by atoms with E-state index in [-0.39, 0.29) is 11.7 Å². The Kier molecular flexibility index (Phi) is 5.79. The van der Waals surface area contributed by atoms with Crippen LogP contribution in [0.2, 0.25) is 0 Å². The number of hydrogen-bond donors (Lipinski definition) is 2. The molecule has 30 heavy (non-hydrogen) atoms. The number of thioether (sulfide) groups is 1. The molecule has 1 aliphatic rings. The molecule has 0 saturated heterocycles. The first-order valence-corrected chi connectivity index (χ1v) is 11.5. The van der Waals surface area contributed by atoms with Crippen molar-refractivity contribution in [3.05, 3.63) is 45.8 Å². The van der Waals surface area contributed by atoms with Gasteiger partial charge in [-0.1, -0.05) is 48.5 Å². The number of amides is 1. The highest BCUT2D eigenvalue weighted by Gasteiger charge is 2.25. The van der Waals surface area contributed by atoms with Crippen LogP contribution in [-0.2, 0) is 17.6 Å². The highest BCUT2D eigenvalue weighted by molar-refractivity contribution is 7.99. The Hall–Kier alpha value is -2.83. The number of aryl methyl sites for hydroxylation is 1. The number of hydrogen-bond acceptors (Lipinski definition) is 7. The fourth-order valence-electron chi connectivity index (χ4n) is 3.52. The smallest absolute Gasteiger partial charge is 0.235 e. The van der Waals surface area contributed by atoms with Crippen LogP contribution in [0.1, 0.15) is 34.9 Å². The summed E-state index contributed by atoms with van der Waals surface area (Å²) in [6, 6.07) is 10.1. The molecular weight excluding hydrogens is 416 g/mol. The van der Waals surface area contributed by atoms with Crippen LogP contribution in [0.5, 0.6) is 0 Å². The van der Waals surface area contributed by atoms with Gasteiger partial charge in [-0.15, -0.1) is 21.5 Å². The van der Waals surface area contributed by atoms with Crippen molar-refractivity contribution in [3.63, 3.8) is 0 Å². The van der Waals surface area contributed by atoms with E-state index in [1.54, 1.807) is 0 Å². The number of nitrogens with two attached hydrogens (primary N) is 1. The van der Waals surface area contributed by atoms with E-state index in [9.17, 15) is 10.1 Å². The zero-order valence-corrected chi connectivity index (χ0v) is 18.4. The second-order valence-corrected chi connectivity index (χ2v) is 9.59. The van der Waals surface area contributed by atoms with Gasteiger partial charge in [0, 0.05) is 10.4 Å². The highest BCUT2D eigenvalue weighted by Crippen LogP contribution is 2.39. The van der Waals surface area contributed by atoms with E-state index < -0.39 is 0 Å². The monoisotopic (exact) mass is 438 g/mol. The first-order valence-electron chi connectivity index (χ1n) is 9.71. The summed E-state index contributed by atoms with van der Waals surface area (Å²) in [6.07, 6.45) is 2.95. The predicted octanol–water partition coefficient (Wildman–Crippen LogP) is 3.76. The van der Waals surface area contributed by atoms with Crippen molar-refractivity contribution in [2.45, 2.75) is 38.3 Å². The van der Waals surface area contributed by atoms with E-state index >= 15 is 0 Å². The molecule has 0 spiro atoms. The number of aromatic nitrogens is 3. The zero-order valence-electron chi connectivity index (χ0n) is 16.8. The molecule has 0 fully saturated rings. The summed E-state index contributed by atoms with van der Waals surface area (Å²) in [5.74, 6) is 7.23. The molecule has 2 aromatic heterocycles. The van der Waals surface area contributed by atoms with Crippen LogP contribution >= 0.6 is 23.1 Å². The average molecular weight is 439 g/mol. The molecule has 2 heterocycles. The fraction of sp³-hybridized carbons (Fsp3) is 0.333. The van der Waals surface area contributed by atoms with Gasteiger partial charge < -0.3 is 11.2 Å². The van der Waals surface area contributed by atoms with E-state index in [1.165, 1.54) is 32.7 Å². The highest BCUT2D eigenvalue weighted by atomic mass is 32.2. The minimum atomic E-state index is -0.192. The predicted molar refractivity (Wildman–Crippen MR) is 120 cm³/mol. The number of nitrogen functional groups attached to an aromatic ring is 1. The molecule has 7 nitrogen and oxygen atoms in total. The van der Waals surface area contributed by atoms with Gasteiger partial charge in [0.05, 0.1) is 11.3 Å². The number of thiophene rings is 1. The number of fused-ring (bicyclic) bond motifs is 1. The number of benzene rings is 1. The second kappa shape index (κ2) is 8.50. The van der Waals surface area contributed by atoms with Crippen molar-refractivity contribution in [2.75, 3.05) is 16.9 Å². The second-order valence-electron chi connectivity index (χ2n) is 7.55. The molecule has 1 aromatic carbocycles. The lowest BCUT2D eigenvalue weighted by atomic mass is 9.89. The molecule has 1 aliphatic carbocycles. The third kappa shape index (κ3) is 4.06. The van der Waals surface area contributed by atoms with Crippen molar-refractivity contribution >= 4 is 34.0 Å². The Morgan fingerprint density at radius 3 is 2.90 bits per heavy atom. The lowest BCUT2D eigenvalue weighted by molar-refractivity contribution is -0.113. The minimum Gasteiger partial charge on any atom is -0.335 e. The van der Waals surface area contributed by atoms with Gasteiger partial charge in [-0.25, -0.2) is 4.68 Å². The van der Waals surface area contributed by atoms with E-state index in [2.05, 4.69) is 28.5 Å². The Morgan fingerprint density at radius 2 is 2.17 bits per heavy atom. The lowest BCUT2D eigenvalue weighted by Crippen LogP contribution is -2.16. The van der Waals surface area contributed by atoms with Crippen LogP contribution in [-0.4, -0.2) is 26.5 Å². The molecule has 0 radical (unpaired) electrons. The third-order valence-electron chi connectivity index (χ3n) is 5.18. The minimum absolute atomic E-state index is 0.132. The van der Waals surface area contributed by atoms with Gasteiger partial charge in [-0.3, -0.25) is 4.79 Å². The number of nitrogens with zero attached hydrogens (tertiary/aromatic N) is 4. The molecule has 4 rings (SSSR count). The standard InChI is InChI=1S/C21H22N6OS2/c1-12-3-6-14(7-4-12)19-25-26-21(27(19)23)29-11-18(28)24-20-16(10-22)15-8-5-13(2)9-17(15)30-20/h3-4,6-7,13H,5,8-9,11,23H2,1-2H3,(H,24,28). The van der Waals surface area contributed by atoms with E-state index in [1.807, 2.05) is 31.2 Å². The van der Waals surface area contributed by atoms with Crippen LogP contribution < -0.4 is 11.2 Å². The van der Waals surface area contributed by atoms with Crippen molar-refractivity contribution < 1.29 is 4.79 Å². The lowest BCUT2D eigenvalue weighted by Gasteiger charge is -2.17. The maximum Gasteiger partial charge on any atom is 0.235 e. The van der Waals surface area contributed by atoms with Crippen LogP contribution in [0.3, 0.4) is 0 Å². The Balaban J connectivity index is 1.43. The van der Waals surface area contributed by atoms with Crippen molar-refractivity contribution in [1.29, 1.82) is 5.26 Å². The third-order valence-corrected chi connectivity index (χ3v) is 7.30. The maximum atomic E-state index is 12.5. The molecular formula is C21H22N6OS2. The number of rotatable bonds is 5. The fourth-order valence-corrected chi connectivity index (χ4v) is 5.56. The number of nitriles is 1. The van der Waals surface area contributed by atoms with E-state index in [4.69, 9.17) is 5.84 Å². The molecule has 0 bridgehead atoms. The van der Waals surface area contributed by atoms with Gasteiger partial charge >= 0.3 is 0 Å². The summed E-state index contributed by atoms with van der Waals surface area (Å²) in [7, 11) is 0. The summed E-state index contributed by atoms with van der Waals surface area (Å²) in [6.45, 7) is 4.23. The summed E-state index contributed by atoms with van der Waals surface area (Å²) in [5.41, 5.74) is 3.73. The van der Waals surface area contributed by atoms with Crippen LogP contribution in [0, 0.1) is 24.2 Å². The summed E-state index contributed by atoms with van der Waals surface area (Å²) >= 11 is 2.74. The van der Waals surface area contributed by atoms with Gasteiger partial charge in [-0.2, -0.15) is 5.26 Å². The number of carbonyl (C=O) groups is 1. The van der Waals surface area contributed by atoms with Crippen LogP contribution in [0.4, 0.5) is 5.00 Å². The van der Waals surface area contributed by atoms with Crippen LogP contribution in [0.25, 0.3) is 11.4 Å². The molecule has 3 N–H and O–H groups in total. The Bertz CT molecular complexity index is 1130. The molecule has 9 heteroatoms. The van der Waals surface area contributed by atoms with Crippen molar-refractivity contribution in [1.82, 2.24) is 14.9 Å². The normalized spacial score (nSPS) is 15.4. The number of carbonyl (C=O) groups excluding carboxylic acids is 1. The van der Waals surface area contributed by atoms with Crippen molar-refractivity contribution in [3.8, 4) is 17.5 Å². The molecule has 0 aliphatic heterocycles. The maximum absolute atomic E-state index is 12.5. The van der Waals surface area contributed by atoms with Gasteiger partial charge in [0.15, 0.2) is 5.82 Å². The summed E-state index contributed by atoms with van der Waals surface area (Å²) in [5, 5.41) is 21.9. The zero-order chi connectivity index (χ0) is 21.3. The topological polar surface area (TPSA) is 110 Å². The van der Waals surface area contributed by atoms with E-state index in [0.29, 0.717) is 27.5 Å². The SMILES string of the molecule is Cc1ccc(-c2nnc(SCC(=O)Nc3sc4c(c3C#N)CCC(C)C4)n2N)cc1. The Morgan fingerprint density at radius 1 is 1.40 bits per heavy atom. The summed E-state index contributed by atoms with van der Waals surface area (Å²) in [4.78, 5) is 13.7. The van der Waals surface area contributed by atoms with Gasteiger partial charge in [-0.05, 0) is 37.7 Å².